The summed E-state index contributed by atoms with van der Waals surface area (Å²) in [6.45, 7) is 0. The van der Waals surface area contributed by atoms with Crippen molar-refractivity contribution in [2.24, 2.45) is 7.05 Å². The highest BCUT2D eigenvalue weighted by atomic mass is 19.2. The Balaban J connectivity index is 2.45. The highest BCUT2D eigenvalue weighted by Gasteiger charge is 2.30. The number of aromatic nitrogens is 4. The first-order valence-corrected chi connectivity index (χ1v) is 4.89. The molecule has 1 heterocycles. The Morgan fingerprint density at radius 2 is 1.50 bits per heavy atom. The van der Waals surface area contributed by atoms with Gasteiger partial charge in [-0.05, 0) is 5.21 Å². The fourth-order valence-electron chi connectivity index (χ4n) is 1.30. The number of hydrogen-bond acceptors (Lipinski definition) is 4. The molecule has 0 radical (unpaired) electrons. The molecule has 11 heteroatoms. The Labute approximate surface area is 107 Å². The molecule has 0 spiro atoms. The summed E-state index contributed by atoms with van der Waals surface area (Å²) < 4.78 is 65.3. The maximum Gasteiger partial charge on any atom is 0.270 e. The van der Waals surface area contributed by atoms with Gasteiger partial charge in [0, 0.05) is 0 Å². The second kappa shape index (κ2) is 4.83. The van der Waals surface area contributed by atoms with E-state index >= 15 is 0 Å². The lowest BCUT2D eigenvalue weighted by Gasteiger charge is -2.06. The lowest BCUT2D eigenvalue weighted by molar-refractivity contribution is 0.101. The van der Waals surface area contributed by atoms with E-state index in [1.54, 1.807) is 5.32 Å². The van der Waals surface area contributed by atoms with Crippen LogP contribution in [0, 0.1) is 29.1 Å². The van der Waals surface area contributed by atoms with Crippen molar-refractivity contribution in [3.63, 3.8) is 0 Å². The maximum atomic E-state index is 13.3. The first-order chi connectivity index (χ1) is 9.32. The Kier molecular flexibility index (Phi) is 3.34. The van der Waals surface area contributed by atoms with Crippen LogP contribution < -0.4 is 5.32 Å². The van der Waals surface area contributed by atoms with Crippen LogP contribution in [0.1, 0.15) is 10.4 Å². The number of amides is 1. The van der Waals surface area contributed by atoms with Crippen LogP contribution in [0.5, 0.6) is 0 Å². The molecule has 0 aliphatic rings. The van der Waals surface area contributed by atoms with Gasteiger partial charge in [-0.2, -0.15) is 4.80 Å². The van der Waals surface area contributed by atoms with Crippen molar-refractivity contribution in [3.8, 4) is 0 Å². The van der Waals surface area contributed by atoms with Crippen LogP contribution in [-0.4, -0.2) is 26.1 Å². The summed E-state index contributed by atoms with van der Waals surface area (Å²) in [5.41, 5.74) is -1.63. The van der Waals surface area contributed by atoms with E-state index in [4.69, 9.17) is 0 Å². The highest BCUT2D eigenvalue weighted by Crippen LogP contribution is 2.23. The second-order valence-electron chi connectivity index (χ2n) is 3.50. The number of halogens is 5. The summed E-state index contributed by atoms with van der Waals surface area (Å²) in [6.07, 6.45) is 0. The van der Waals surface area contributed by atoms with Gasteiger partial charge < -0.3 is 0 Å². The van der Waals surface area contributed by atoms with E-state index < -0.39 is 46.5 Å². The number of anilines is 1. The van der Waals surface area contributed by atoms with Crippen molar-refractivity contribution in [1.29, 1.82) is 0 Å². The smallest absolute Gasteiger partial charge is 0.270 e. The molecule has 0 aliphatic heterocycles. The first-order valence-electron chi connectivity index (χ1n) is 4.89. The van der Waals surface area contributed by atoms with Crippen LogP contribution in [0.4, 0.5) is 27.9 Å². The molecule has 0 atom stereocenters. The Morgan fingerprint density at radius 3 is 1.95 bits per heavy atom. The Hall–Kier alpha value is -2.59. The number of carbonyl (C=O) groups is 1. The van der Waals surface area contributed by atoms with Gasteiger partial charge in [0.05, 0.1) is 7.05 Å². The van der Waals surface area contributed by atoms with Gasteiger partial charge in [-0.25, -0.2) is 22.0 Å². The van der Waals surface area contributed by atoms with E-state index in [-0.39, 0.29) is 0 Å². The van der Waals surface area contributed by atoms with E-state index in [1.165, 1.54) is 7.05 Å². The summed E-state index contributed by atoms with van der Waals surface area (Å²) in [6, 6.07) is 0. The molecule has 0 saturated heterocycles. The standard InChI is InChI=1S/C9H4F5N5O/c1-19-17-9(16-18-19)15-8(20)2-3(10)5(12)7(14)6(13)4(2)11/h1H3,(H,15,17,20). The number of nitrogens with zero attached hydrogens (tertiary/aromatic N) is 4. The third-order valence-electron chi connectivity index (χ3n) is 2.17. The predicted molar refractivity (Wildman–Crippen MR) is 53.0 cm³/mol. The van der Waals surface area contributed by atoms with Crippen molar-refractivity contribution in [3.05, 3.63) is 34.6 Å². The van der Waals surface area contributed by atoms with Crippen LogP contribution in [0.3, 0.4) is 0 Å². The number of tetrazole rings is 1. The molecule has 106 valence electrons. The van der Waals surface area contributed by atoms with Gasteiger partial charge in [-0.1, -0.05) is 5.10 Å². The van der Waals surface area contributed by atoms with Gasteiger partial charge in [0.2, 0.25) is 5.82 Å². The topological polar surface area (TPSA) is 72.7 Å². The second-order valence-corrected chi connectivity index (χ2v) is 3.50. The largest absolute Gasteiger partial charge is 0.288 e. The molecule has 0 saturated carbocycles. The molecular formula is C9H4F5N5O. The van der Waals surface area contributed by atoms with Gasteiger partial charge in [0.25, 0.3) is 11.9 Å². The van der Waals surface area contributed by atoms with E-state index in [1.807, 2.05) is 0 Å². The highest BCUT2D eigenvalue weighted by molar-refractivity contribution is 6.03. The summed E-state index contributed by atoms with van der Waals surface area (Å²) in [7, 11) is 1.33. The minimum absolute atomic E-state index is 0.457. The molecule has 1 amide bonds. The van der Waals surface area contributed by atoms with Gasteiger partial charge in [0.1, 0.15) is 5.56 Å². The summed E-state index contributed by atoms with van der Waals surface area (Å²) in [5.74, 6) is -13.3. The molecule has 0 fully saturated rings. The average molecular weight is 293 g/mol. The Morgan fingerprint density at radius 1 is 1.00 bits per heavy atom. The number of carbonyl (C=O) groups excluding carboxylic acids is 1. The van der Waals surface area contributed by atoms with Crippen molar-refractivity contribution in [2.75, 3.05) is 5.32 Å². The quantitative estimate of drug-likeness (QED) is 0.512. The van der Waals surface area contributed by atoms with E-state index in [0.717, 1.165) is 4.80 Å². The molecule has 6 nitrogen and oxygen atoms in total. The molecular weight excluding hydrogens is 289 g/mol. The van der Waals surface area contributed by atoms with Gasteiger partial charge in [-0.15, -0.1) is 5.10 Å². The maximum absolute atomic E-state index is 13.3. The molecule has 0 unspecified atom stereocenters. The molecule has 1 aromatic heterocycles. The van der Waals surface area contributed by atoms with Gasteiger partial charge in [0.15, 0.2) is 23.3 Å². The third-order valence-corrected chi connectivity index (χ3v) is 2.17. The molecule has 2 aromatic rings. The average Bonchev–Trinajstić information content (AvgIpc) is 2.79. The SMILES string of the molecule is Cn1nnc(NC(=O)c2c(F)c(F)c(F)c(F)c2F)n1. The Bertz CT molecular complexity index is 671. The van der Waals surface area contributed by atoms with Crippen molar-refractivity contribution >= 4 is 11.9 Å². The number of hydrogen-bond donors (Lipinski definition) is 1. The molecule has 20 heavy (non-hydrogen) atoms. The fraction of sp³-hybridized carbons (Fsp3) is 0.111. The number of rotatable bonds is 2. The van der Waals surface area contributed by atoms with Crippen molar-refractivity contribution in [2.45, 2.75) is 0 Å². The van der Waals surface area contributed by atoms with Gasteiger partial charge >= 0.3 is 0 Å². The number of aryl methyl sites for hydroxylation is 1. The van der Waals surface area contributed by atoms with Crippen LogP contribution in [-0.2, 0) is 7.05 Å². The zero-order chi connectivity index (χ0) is 15.0. The zero-order valence-corrected chi connectivity index (χ0v) is 9.59. The summed E-state index contributed by atoms with van der Waals surface area (Å²) in [5, 5.41) is 11.8. The number of nitrogens with one attached hydrogen (secondary N) is 1. The molecule has 0 aliphatic carbocycles. The predicted octanol–water partition coefficient (Wildman–Crippen LogP) is 1.16. The van der Waals surface area contributed by atoms with Gasteiger partial charge in [-0.3, -0.25) is 10.1 Å². The van der Waals surface area contributed by atoms with Crippen molar-refractivity contribution < 1.29 is 26.7 Å². The molecule has 1 N–H and O–H groups in total. The molecule has 2 rings (SSSR count). The van der Waals surface area contributed by atoms with Crippen LogP contribution >= 0.6 is 0 Å². The number of benzene rings is 1. The minimum atomic E-state index is -2.35. The lowest BCUT2D eigenvalue weighted by Crippen LogP contribution is -2.20. The van der Waals surface area contributed by atoms with Crippen LogP contribution in [0.15, 0.2) is 0 Å². The zero-order valence-electron chi connectivity index (χ0n) is 9.59. The monoisotopic (exact) mass is 293 g/mol. The van der Waals surface area contributed by atoms with Crippen LogP contribution in [0.25, 0.3) is 0 Å². The molecule has 0 bridgehead atoms. The normalized spacial score (nSPS) is 10.7. The lowest BCUT2D eigenvalue weighted by atomic mass is 10.1. The molecule has 1 aromatic carbocycles. The van der Waals surface area contributed by atoms with E-state index in [9.17, 15) is 26.7 Å². The third kappa shape index (κ3) is 2.17. The first kappa shape index (κ1) is 13.8. The van der Waals surface area contributed by atoms with Crippen molar-refractivity contribution in [1.82, 2.24) is 20.2 Å². The van der Waals surface area contributed by atoms with E-state index in [0.29, 0.717) is 0 Å². The minimum Gasteiger partial charge on any atom is -0.288 e. The van der Waals surface area contributed by atoms with E-state index in [2.05, 4.69) is 15.4 Å². The fourth-order valence-corrected chi connectivity index (χ4v) is 1.30. The van der Waals surface area contributed by atoms with Crippen LogP contribution in [0.2, 0.25) is 0 Å². The summed E-state index contributed by atoms with van der Waals surface area (Å²) >= 11 is 0. The summed E-state index contributed by atoms with van der Waals surface area (Å²) in [4.78, 5) is 12.4.